The van der Waals surface area contributed by atoms with Crippen molar-refractivity contribution in [1.29, 1.82) is 0 Å². The van der Waals surface area contributed by atoms with E-state index in [-0.39, 0.29) is 6.04 Å². The average molecular weight is 296 g/mol. The molecule has 2 unspecified atom stereocenters. The highest BCUT2D eigenvalue weighted by Gasteiger charge is 2.46. The minimum Gasteiger partial charge on any atom is -0.322 e. The number of nitrogens with zero attached hydrogens (tertiary/aromatic N) is 1. The summed E-state index contributed by atoms with van der Waals surface area (Å²) in [5.41, 5.74) is 0. The lowest BCUT2D eigenvalue weighted by Gasteiger charge is -2.37. The first kappa shape index (κ1) is 14.7. The molecule has 2 saturated heterocycles. The molecule has 3 rings (SSSR count). The van der Waals surface area contributed by atoms with Gasteiger partial charge in [-0.05, 0) is 49.0 Å². The Kier molecular flexibility index (Phi) is 4.61. The fourth-order valence-electron chi connectivity index (χ4n) is 4.12. The van der Waals surface area contributed by atoms with Crippen LogP contribution in [0.5, 0.6) is 0 Å². The topological polar surface area (TPSA) is 32.3 Å². The molecule has 1 aliphatic carbocycles. The van der Waals surface area contributed by atoms with Crippen molar-refractivity contribution in [3.63, 3.8) is 0 Å². The number of thioether (sulfide) groups is 1. The van der Waals surface area contributed by atoms with Gasteiger partial charge in [0.25, 0.3) is 0 Å². The molecule has 1 amide bonds. The van der Waals surface area contributed by atoms with Crippen molar-refractivity contribution >= 4 is 17.7 Å². The van der Waals surface area contributed by atoms with Gasteiger partial charge in [0.2, 0.25) is 5.91 Å². The summed E-state index contributed by atoms with van der Waals surface area (Å²) in [5, 5.41) is 3.70. The first-order valence-corrected chi connectivity index (χ1v) is 9.50. The summed E-state index contributed by atoms with van der Waals surface area (Å²) in [7, 11) is 0. The molecule has 20 heavy (non-hydrogen) atoms. The van der Waals surface area contributed by atoms with Crippen LogP contribution in [0.4, 0.5) is 0 Å². The van der Waals surface area contributed by atoms with Gasteiger partial charge in [-0.25, -0.2) is 0 Å². The second-order valence-corrected chi connectivity index (χ2v) is 8.19. The zero-order chi connectivity index (χ0) is 14.1. The molecular weight excluding hydrogens is 268 g/mol. The molecule has 3 fully saturated rings. The Balaban J connectivity index is 1.79. The van der Waals surface area contributed by atoms with Gasteiger partial charge in [-0.15, -0.1) is 0 Å². The van der Waals surface area contributed by atoms with E-state index in [1.165, 1.54) is 50.0 Å². The number of carbonyl (C=O) groups excluding carboxylic acids is 1. The second kappa shape index (κ2) is 6.27. The fourth-order valence-corrected chi connectivity index (χ4v) is 5.20. The van der Waals surface area contributed by atoms with Crippen LogP contribution in [0.3, 0.4) is 0 Å². The second-order valence-electron chi connectivity index (χ2n) is 6.97. The molecule has 1 N–H and O–H groups in total. The molecule has 1 saturated carbocycles. The van der Waals surface area contributed by atoms with E-state index in [1.807, 2.05) is 11.8 Å². The monoisotopic (exact) mass is 296 g/mol. The van der Waals surface area contributed by atoms with Crippen LogP contribution in [-0.4, -0.2) is 40.6 Å². The van der Waals surface area contributed by atoms with Crippen molar-refractivity contribution in [2.75, 3.05) is 11.5 Å². The van der Waals surface area contributed by atoms with Crippen LogP contribution < -0.4 is 5.32 Å². The predicted molar refractivity (Wildman–Crippen MR) is 84.7 cm³/mol. The maximum absolute atomic E-state index is 12.9. The SMILES string of the molecule is CC(C)C1NC(C2CCCC2)N(C2CCSCC2)C1=O. The van der Waals surface area contributed by atoms with Gasteiger partial charge in [0.15, 0.2) is 0 Å². The molecule has 2 heterocycles. The Morgan fingerprint density at radius 2 is 1.80 bits per heavy atom. The summed E-state index contributed by atoms with van der Waals surface area (Å²) < 4.78 is 0. The Morgan fingerprint density at radius 1 is 1.15 bits per heavy atom. The van der Waals surface area contributed by atoms with E-state index in [1.54, 1.807) is 0 Å². The molecule has 3 aliphatic rings. The van der Waals surface area contributed by atoms with Crippen molar-refractivity contribution in [3.8, 4) is 0 Å². The smallest absolute Gasteiger partial charge is 0.241 e. The van der Waals surface area contributed by atoms with Gasteiger partial charge >= 0.3 is 0 Å². The maximum Gasteiger partial charge on any atom is 0.241 e. The van der Waals surface area contributed by atoms with E-state index in [2.05, 4.69) is 24.1 Å². The molecule has 2 aliphatic heterocycles. The van der Waals surface area contributed by atoms with Crippen LogP contribution in [0.15, 0.2) is 0 Å². The predicted octanol–water partition coefficient (Wildman–Crippen LogP) is 2.85. The van der Waals surface area contributed by atoms with E-state index >= 15 is 0 Å². The van der Waals surface area contributed by atoms with Crippen molar-refractivity contribution in [3.05, 3.63) is 0 Å². The first-order chi connectivity index (χ1) is 9.68. The lowest BCUT2D eigenvalue weighted by Crippen LogP contribution is -2.49. The van der Waals surface area contributed by atoms with Crippen LogP contribution in [0.25, 0.3) is 0 Å². The lowest BCUT2D eigenvalue weighted by molar-refractivity contribution is -0.133. The van der Waals surface area contributed by atoms with E-state index in [0.717, 1.165) is 0 Å². The summed E-state index contributed by atoms with van der Waals surface area (Å²) >= 11 is 2.04. The molecule has 0 aromatic rings. The van der Waals surface area contributed by atoms with Crippen LogP contribution in [0.1, 0.15) is 52.4 Å². The summed E-state index contributed by atoms with van der Waals surface area (Å²) in [6.45, 7) is 4.34. The van der Waals surface area contributed by atoms with Crippen molar-refractivity contribution in [2.24, 2.45) is 11.8 Å². The maximum atomic E-state index is 12.9. The van der Waals surface area contributed by atoms with Crippen molar-refractivity contribution < 1.29 is 4.79 Å². The molecular formula is C16H28N2OS. The van der Waals surface area contributed by atoms with Crippen molar-refractivity contribution in [1.82, 2.24) is 10.2 Å². The number of nitrogens with one attached hydrogen (secondary N) is 1. The summed E-state index contributed by atoms with van der Waals surface area (Å²) in [6.07, 6.45) is 7.99. The summed E-state index contributed by atoms with van der Waals surface area (Å²) in [6, 6.07) is 0.542. The largest absolute Gasteiger partial charge is 0.322 e. The zero-order valence-electron chi connectivity index (χ0n) is 12.8. The highest BCUT2D eigenvalue weighted by atomic mass is 32.2. The Hall–Kier alpha value is -0.220. The van der Waals surface area contributed by atoms with E-state index in [9.17, 15) is 4.79 Å². The summed E-state index contributed by atoms with van der Waals surface area (Å²) in [4.78, 5) is 15.1. The minimum atomic E-state index is 0.0511. The van der Waals surface area contributed by atoms with Crippen LogP contribution in [-0.2, 0) is 4.79 Å². The molecule has 2 atom stereocenters. The molecule has 0 radical (unpaired) electrons. The zero-order valence-corrected chi connectivity index (χ0v) is 13.6. The quantitative estimate of drug-likeness (QED) is 0.869. The fraction of sp³-hybridized carbons (Fsp3) is 0.938. The lowest BCUT2D eigenvalue weighted by atomic mass is 10.0. The van der Waals surface area contributed by atoms with Gasteiger partial charge in [0.05, 0.1) is 12.2 Å². The number of amides is 1. The summed E-state index contributed by atoms with van der Waals surface area (Å²) in [5.74, 6) is 3.91. The van der Waals surface area contributed by atoms with Crippen molar-refractivity contribution in [2.45, 2.75) is 70.6 Å². The van der Waals surface area contributed by atoms with E-state index in [0.29, 0.717) is 30.0 Å². The molecule has 114 valence electrons. The van der Waals surface area contributed by atoms with Gasteiger partial charge in [-0.2, -0.15) is 11.8 Å². The average Bonchev–Trinajstić information content (AvgIpc) is 3.06. The highest BCUT2D eigenvalue weighted by molar-refractivity contribution is 7.99. The standard InChI is InChI=1S/C16H28N2OS/c1-11(2)14-16(19)18(13-7-9-20-10-8-13)15(17-14)12-5-3-4-6-12/h11-15,17H,3-10H2,1-2H3. The Morgan fingerprint density at radius 3 is 2.40 bits per heavy atom. The van der Waals surface area contributed by atoms with Gasteiger partial charge in [0, 0.05) is 6.04 Å². The highest BCUT2D eigenvalue weighted by Crippen LogP contribution is 2.36. The van der Waals surface area contributed by atoms with Crippen LogP contribution in [0, 0.1) is 11.8 Å². The number of rotatable bonds is 3. The number of hydrogen-bond donors (Lipinski definition) is 1. The van der Waals surface area contributed by atoms with Gasteiger partial charge in [0.1, 0.15) is 0 Å². The molecule has 0 aromatic carbocycles. The van der Waals surface area contributed by atoms with E-state index in [4.69, 9.17) is 0 Å². The molecule has 0 spiro atoms. The first-order valence-electron chi connectivity index (χ1n) is 8.34. The van der Waals surface area contributed by atoms with Crippen LogP contribution >= 0.6 is 11.8 Å². The van der Waals surface area contributed by atoms with Gasteiger partial charge in [-0.3, -0.25) is 10.1 Å². The normalized spacial score (nSPS) is 33.5. The Bertz CT molecular complexity index is 348. The molecule has 0 bridgehead atoms. The third-order valence-electron chi connectivity index (χ3n) is 5.27. The number of hydrogen-bond acceptors (Lipinski definition) is 3. The molecule has 3 nitrogen and oxygen atoms in total. The number of carbonyl (C=O) groups is 1. The third kappa shape index (κ3) is 2.74. The molecule has 0 aromatic heterocycles. The van der Waals surface area contributed by atoms with Crippen LogP contribution in [0.2, 0.25) is 0 Å². The molecule has 4 heteroatoms. The van der Waals surface area contributed by atoms with E-state index < -0.39 is 0 Å². The Labute approximate surface area is 127 Å². The third-order valence-corrected chi connectivity index (χ3v) is 6.32. The van der Waals surface area contributed by atoms with Gasteiger partial charge in [-0.1, -0.05) is 26.7 Å². The minimum absolute atomic E-state index is 0.0511. The van der Waals surface area contributed by atoms with Gasteiger partial charge < -0.3 is 4.90 Å².